The molecule has 0 spiro atoms. The molecule has 0 saturated carbocycles. The van der Waals surface area contributed by atoms with Crippen molar-refractivity contribution < 1.29 is 13.9 Å². The van der Waals surface area contributed by atoms with E-state index in [0.717, 1.165) is 30.0 Å². The molecule has 8 heteroatoms. The van der Waals surface area contributed by atoms with Crippen molar-refractivity contribution in [3.63, 3.8) is 0 Å². The molecule has 0 aliphatic carbocycles. The van der Waals surface area contributed by atoms with E-state index in [0.29, 0.717) is 11.4 Å². The molecule has 1 fully saturated rings. The molecular formula is C21H21FN4O2S. The van der Waals surface area contributed by atoms with Gasteiger partial charge in [0.25, 0.3) is 5.91 Å². The maximum atomic E-state index is 13.3. The third-order valence-corrected chi connectivity index (χ3v) is 5.68. The number of nitrogens with zero attached hydrogens (tertiary/aromatic N) is 3. The fraction of sp³-hybridized carbons (Fsp3) is 0.286. The Morgan fingerprint density at radius 1 is 1.34 bits per heavy atom. The fourth-order valence-electron chi connectivity index (χ4n) is 3.35. The monoisotopic (exact) mass is 412 g/mol. The summed E-state index contributed by atoms with van der Waals surface area (Å²) in [6, 6.07) is 10.9. The van der Waals surface area contributed by atoms with Crippen LogP contribution in [0.3, 0.4) is 0 Å². The summed E-state index contributed by atoms with van der Waals surface area (Å²) < 4.78 is 19.4. The van der Waals surface area contributed by atoms with E-state index in [9.17, 15) is 9.18 Å². The summed E-state index contributed by atoms with van der Waals surface area (Å²) in [5.41, 5.74) is 3.46. The molecule has 1 aromatic carbocycles. The SMILES string of the molecule is C[C@H](NC(=O)c1cncs1)c1ccc(O[C@@H]2CCN(c3ccnc(F)c3)C2)cc1. The van der Waals surface area contributed by atoms with Gasteiger partial charge in [-0.2, -0.15) is 4.39 Å². The van der Waals surface area contributed by atoms with Crippen LogP contribution in [0.1, 0.15) is 34.6 Å². The number of ether oxygens (including phenoxy) is 1. The second-order valence-electron chi connectivity index (χ2n) is 6.94. The van der Waals surface area contributed by atoms with Crippen LogP contribution < -0.4 is 15.0 Å². The Balaban J connectivity index is 1.32. The molecule has 2 atom stereocenters. The van der Waals surface area contributed by atoms with Gasteiger partial charge in [-0.1, -0.05) is 12.1 Å². The molecule has 150 valence electrons. The van der Waals surface area contributed by atoms with E-state index in [1.807, 2.05) is 37.3 Å². The van der Waals surface area contributed by atoms with Gasteiger partial charge in [0, 0.05) is 30.9 Å². The molecule has 3 heterocycles. The molecule has 2 aromatic heterocycles. The Morgan fingerprint density at radius 3 is 2.90 bits per heavy atom. The standard InChI is InChI=1S/C21H21FN4O2S/c1-14(25-21(27)19-11-23-13-29-19)15-2-4-17(5-3-15)28-18-7-9-26(12-18)16-6-8-24-20(22)10-16/h2-6,8,10-11,13-14,18H,7,9,12H2,1H3,(H,25,27)/t14-,18+/m0/s1. The van der Waals surface area contributed by atoms with Gasteiger partial charge in [-0.15, -0.1) is 11.3 Å². The number of hydrogen-bond acceptors (Lipinski definition) is 6. The van der Waals surface area contributed by atoms with Crippen molar-refractivity contribution in [3.8, 4) is 5.75 Å². The summed E-state index contributed by atoms with van der Waals surface area (Å²) in [5.74, 6) is 0.181. The number of amides is 1. The Labute approximate surface area is 172 Å². The van der Waals surface area contributed by atoms with Gasteiger partial charge >= 0.3 is 0 Å². The van der Waals surface area contributed by atoms with E-state index in [4.69, 9.17) is 4.74 Å². The Hall–Kier alpha value is -3.00. The van der Waals surface area contributed by atoms with Gasteiger partial charge in [0.2, 0.25) is 5.95 Å². The van der Waals surface area contributed by atoms with Crippen LogP contribution in [0.4, 0.5) is 10.1 Å². The molecule has 0 bridgehead atoms. The zero-order valence-corrected chi connectivity index (χ0v) is 16.7. The molecule has 1 aliphatic heterocycles. The molecule has 29 heavy (non-hydrogen) atoms. The first-order valence-electron chi connectivity index (χ1n) is 9.41. The molecule has 3 aromatic rings. The van der Waals surface area contributed by atoms with E-state index < -0.39 is 5.95 Å². The molecule has 1 amide bonds. The molecule has 4 rings (SSSR count). The van der Waals surface area contributed by atoms with Crippen molar-refractivity contribution in [3.05, 3.63) is 70.7 Å². The average molecular weight is 412 g/mol. The van der Waals surface area contributed by atoms with E-state index in [-0.39, 0.29) is 18.1 Å². The third-order valence-electron chi connectivity index (χ3n) is 4.91. The lowest BCUT2D eigenvalue weighted by atomic mass is 10.1. The van der Waals surface area contributed by atoms with Gasteiger partial charge in [-0.05, 0) is 30.7 Å². The number of aromatic nitrogens is 2. The molecular weight excluding hydrogens is 391 g/mol. The van der Waals surface area contributed by atoms with E-state index in [1.54, 1.807) is 11.7 Å². The van der Waals surface area contributed by atoms with Gasteiger partial charge in [-0.25, -0.2) is 4.98 Å². The molecule has 0 radical (unpaired) electrons. The summed E-state index contributed by atoms with van der Waals surface area (Å²) in [7, 11) is 0. The van der Waals surface area contributed by atoms with Gasteiger partial charge in [0.15, 0.2) is 0 Å². The highest BCUT2D eigenvalue weighted by atomic mass is 32.1. The van der Waals surface area contributed by atoms with Crippen LogP contribution >= 0.6 is 11.3 Å². The maximum Gasteiger partial charge on any atom is 0.263 e. The number of nitrogens with one attached hydrogen (secondary N) is 1. The number of benzene rings is 1. The second-order valence-corrected chi connectivity index (χ2v) is 7.83. The van der Waals surface area contributed by atoms with Gasteiger partial charge in [0.1, 0.15) is 16.7 Å². The van der Waals surface area contributed by atoms with E-state index >= 15 is 0 Å². The Kier molecular flexibility index (Phi) is 5.71. The molecule has 6 nitrogen and oxygen atoms in total. The lowest BCUT2D eigenvalue weighted by Crippen LogP contribution is -2.26. The fourth-order valence-corrected chi connectivity index (χ4v) is 3.88. The summed E-state index contributed by atoms with van der Waals surface area (Å²) >= 11 is 1.32. The third kappa shape index (κ3) is 4.71. The van der Waals surface area contributed by atoms with Crippen LogP contribution in [0.15, 0.2) is 54.3 Å². The van der Waals surface area contributed by atoms with Crippen LogP contribution in [0.5, 0.6) is 5.75 Å². The summed E-state index contributed by atoms with van der Waals surface area (Å²) in [6.45, 7) is 3.46. The predicted octanol–water partition coefficient (Wildman–Crippen LogP) is 3.83. The topological polar surface area (TPSA) is 67.3 Å². The molecule has 1 saturated heterocycles. The van der Waals surface area contributed by atoms with Crippen molar-refractivity contribution in [1.29, 1.82) is 0 Å². The molecule has 1 aliphatic rings. The van der Waals surface area contributed by atoms with E-state index in [1.165, 1.54) is 23.6 Å². The van der Waals surface area contributed by atoms with Crippen LogP contribution in [0.25, 0.3) is 0 Å². The van der Waals surface area contributed by atoms with Crippen LogP contribution in [-0.4, -0.2) is 35.1 Å². The van der Waals surface area contributed by atoms with Gasteiger partial charge < -0.3 is 15.0 Å². The zero-order valence-electron chi connectivity index (χ0n) is 15.9. The predicted molar refractivity (Wildman–Crippen MR) is 110 cm³/mol. The minimum absolute atomic E-state index is 0.0422. The highest BCUT2D eigenvalue weighted by Gasteiger charge is 2.24. The number of anilines is 1. The van der Waals surface area contributed by atoms with Crippen molar-refractivity contribution in [2.45, 2.75) is 25.5 Å². The maximum absolute atomic E-state index is 13.3. The van der Waals surface area contributed by atoms with Crippen LogP contribution in [-0.2, 0) is 0 Å². The average Bonchev–Trinajstić information content (AvgIpc) is 3.41. The van der Waals surface area contributed by atoms with E-state index in [2.05, 4.69) is 20.2 Å². The highest BCUT2D eigenvalue weighted by Crippen LogP contribution is 2.25. The lowest BCUT2D eigenvalue weighted by molar-refractivity contribution is 0.0944. The Bertz CT molecular complexity index is 965. The molecule has 0 unspecified atom stereocenters. The number of pyridine rings is 1. The van der Waals surface area contributed by atoms with Gasteiger partial charge in [0.05, 0.1) is 24.3 Å². The number of rotatable bonds is 6. The first-order valence-corrected chi connectivity index (χ1v) is 10.3. The number of hydrogen-bond donors (Lipinski definition) is 1. The minimum Gasteiger partial charge on any atom is -0.489 e. The lowest BCUT2D eigenvalue weighted by Gasteiger charge is -2.19. The summed E-state index contributed by atoms with van der Waals surface area (Å²) in [4.78, 5) is 22.4. The molecule has 1 N–H and O–H groups in total. The van der Waals surface area contributed by atoms with Crippen molar-refractivity contribution in [2.24, 2.45) is 0 Å². The zero-order chi connectivity index (χ0) is 20.2. The number of halogens is 1. The highest BCUT2D eigenvalue weighted by molar-refractivity contribution is 7.11. The minimum atomic E-state index is -0.473. The Morgan fingerprint density at radius 2 is 2.17 bits per heavy atom. The number of carbonyl (C=O) groups is 1. The number of thiazole rings is 1. The first-order chi connectivity index (χ1) is 14.1. The normalized spacial score (nSPS) is 17.2. The summed E-state index contributed by atoms with van der Waals surface area (Å²) in [6.07, 6.45) is 3.95. The largest absolute Gasteiger partial charge is 0.489 e. The van der Waals surface area contributed by atoms with Crippen molar-refractivity contribution in [1.82, 2.24) is 15.3 Å². The number of carbonyl (C=O) groups excluding carboxylic acids is 1. The summed E-state index contributed by atoms with van der Waals surface area (Å²) in [5, 5.41) is 2.97. The first kappa shape index (κ1) is 19.3. The van der Waals surface area contributed by atoms with Crippen LogP contribution in [0, 0.1) is 5.95 Å². The van der Waals surface area contributed by atoms with Crippen molar-refractivity contribution in [2.75, 3.05) is 18.0 Å². The smallest absolute Gasteiger partial charge is 0.263 e. The second kappa shape index (κ2) is 8.57. The quantitative estimate of drug-likeness (QED) is 0.624. The van der Waals surface area contributed by atoms with Crippen molar-refractivity contribution >= 4 is 22.9 Å². The van der Waals surface area contributed by atoms with Gasteiger partial charge in [-0.3, -0.25) is 9.78 Å². The van der Waals surface area contributed by atoms with Crippen LogP contribution in [0.2, 0.25) is 0 Å².